The van der Waals surface area contributed by atoms with Crippen LogP contribution in [0.3, 0.4) is 0 Å². The third-order valence-corrected chi connectivity index (χ3v) is 5.56. The molecule has 3 heteroatoms. The van der Waals surface area contributed by atoms with E-state index in [1.807, 2.05) is 12.1 Å². The summed E-state index contributed by atoms with van der Waals surface area (Å²) < 4.78 is 12.1. The van der Waals surface area contributed by atoms with Gasteiger partial charge in [0, 0.05) is 16.9 Å². The molecule has 2 nitrogen and oxygen atoms in total. The van der Waals surface area contributed by atoms with Crippen LogP contribution in [0.1, 0.15) is 56.9 Å². The summed E-state index contributed by atoms with van der Waals surface area (Å²) in [6, 6.07) is 8.35. The number of hydrogen-bond donors (Lipinski definition) is 0. The summed E-state index contributed by atoms with van der Waals surface area (Å²) in [7, 11) is 0. The first kappa shape index (κ1) is 18.0. The average molecular weight is 349 g/mol. The van der Waals surface area contributed by atoms with E-state index in [0.717, 1.165) is 24.7 Å². The van der Waals surface area contributed by atoms with Crippen LogP contribution in [-0.4, -0.2) is 19.5 Å². The molecule has 1 aliphatic carbocycles. The molecule has 0 N–H and O–H groups in total. The Hall–Kier alpha value is -0.830. The fourth-order valence-electron chi connectivity index (χ4n) is 3.83. The Balaban J connectivity index is 1.43. The van der Waals surface area contributed by atoms with Gasteiger partial charge in [-0.05, 0) is 55.7 Å². The van der Waals surface area contributed by atoms with Gasteiger partial charge in [-0.1, -0.05) is 49.2 Å². The monoisotopic (exact) mass is 348 g/mol. The van der Waals surface area contributed by atoms with E-state index in [9.17, 15) is 0 Å². The highest BCUT2D eigenvalue weighted by Gasteiger charge is 2.32. The molecular formula is C21H29ClO2. The Morgan fingerprint density at radius 1 is 1.04 bits per heavy atom. The molecule has 1 saturated heterocycles. The molecule has 1 aromatic rings. The van der Waals surface area contributed by atoms with Gasteiger partial charge in [0.1, 0.15) is 0 Å². The van der Waals surface area contributed by atoms with Crippen molar-refractivity contribution in [2.45, 2.75) is 57.7 Å². The van der Waals surface area contributed by atoms with E-state index in [4.69, 9.17) is 21.1 Å². The quantitative estimate of drug-likeness (QED) is 0.611. The number of halogens is 1. The molecule has 2 aliphatic rings. The molecular weight excluding hydrogens is 320 g/mol. The van der Waals surface area contributed by atoms with Gasteiger partial charge in [0.2, 0.25) is 0 Å². The molecule has 1 saturated carbocycles. The zero-order chi connectivity index (χ0) is 16.8. The first-order valence-corrected chi connectivity index (χ1v) is 9.79. The van der Waals surface area contributed by atoms with Crippen molar-refractivity contribution in [1.82, 2.24) is 0 Å². The van der Waals surface area contributed by atoms with Crippen LogP contribution in [0.25, 0.3) is 0 Å². The van der Waals surface area contributed by atoms with Crippen molar-refractivity contribution < 1.29 is 9.47 Å². The van der Waals surface area contributed by atoms with E-state index in [1.165, 1.54) is 37.7 Å². The van der Waals surface area contributed by atoms with Crippen molar-refractivity contribution in [1.29, 1.82) is 0 Å². The van der Waals surface area contributed by atoms with Crippen molar-refractivity contribution in [2.24, 2.45) is 11.8 Å². The third-order valence-electron chi connectivity index (χ3n) is 5.31. The van der Waals surface area contributed by atoms with Gasteiger partial charge >= 0.3 is 0 Å². The number of unbranched alkanes of at least 4 members (excludes halogenated alkanes) is 1. The largest absolute Gasteiger partial charge is 0.352 e. The molecule has 1 aromatic carbocycles. The SMILES string of the molecule is CCC/C=C/[C@H]1CO[C@H]([C@H]2CC[C@H](c3ccc(Cl)cc3)CC2)OC1. The number of benzene rings is 1. The maximum absolute atomic E-state index is 6.03. The molecule has 1 heterocycles. The predicted molar refractivity (Wildman–Crippen MR) is 99.4 cm³/mol. The Labute approximate surface area is 151 Å². The molecule has 0 amide bonds. The van der Waals surface area contributed by atoms with E-state index < -0.39 is 0 Å². The number of ether oxygens (including phenoxy) is 2. The molecule has 0 atom stereocenters. The lowest BCUT2D eigenvalue weighted by Crippen LogP contribution is -2.37. The molecule has 2 fully saturated rings. The summed E-state index contributed by atoms with van der Waals surface area (Å²) in [5.74, 6) is 1.64. The summed E-state index contributed by atoms with van der Waals surface area (Å²) in [6.07, 6.45) is 11.7. The summed E-state index contributed by atoms with van der Waals surface area (Å²) in [5.41, 5.74) is 1.42. The van der Waals surface area contributed by atoms with Crippen LogP contribution in [0.2, 0.25) is 5.02 Å². The van der Waals surface area contributed by atoms with Crippen molar-refractivity contribution in [3.8, 4) is 0 Å². The van der Waals surface area contributed by atoms with Gasteiger partial charge < -0.3 is 9.47 Å². The Kier molecular flexibility index (Phi) is 6.76. The second-order valence-corrected chi connectivity index (χ2v) is 7.61. The molecule has 1 aliphatic heterocycles. The first-order chi connectivity index (χ1) is 11.8. The van der Waals surface area contributed by atoms with Crippen LogP contribution in [0.15, 0.2) is 36.4 Å². The topological polar surface area (TPSA) is 18.5 Å². The molecule has 24 heavy (non-hydrogen) atoms. The number of allylic oxidation sites excluding steroid dienone is 1. The van der Waals surface area contributed by atoms with Crippen LogP contribution in [0.5, 0.6) is 0 Å². The fraction of sp³-hybridized carbons (Fsp3) is 0.619. The zero-order valence-electron chi connectivity index (χ0n) is 14.6. The summed E-state index contributed by atoms with van der Waals surface area (Å²) in [6.45, 7) is 3.82. The van der Waals surface area contributed by atoms with E-state index in [1.54, 1.807) is 0 Å². The highest BCUT2D eigenvalue weighted by molar-refractivity contribution is 6.30. The van der Waals surface area contributed by atoms with Crippen LogP contribution < -0.4 is 0 Å². The van der Waals surface area contributed by atoms with Crippen molar-refractivity contribution in [3.05, 3.63) is 47.0 Å². The van der Waals surface area contributed by atoms with Crippen LogP contribution in [-0.2, 0) is 9.47 Å². The fourth-order valence-corrected chi connectivity index (χ4v) is 3.96. The van der Waals surface area contributed by atoms with Gasteiger partial charge in [-0.2, -0.15) is 0 Å². The van der Waals surface area contributed by atoms with Crippen molar-refractivity contribution >= 4 is 11.6 Å². The van der Waals surface area contributed by atoms with E-state index >= 15 is 0 Å². The molecule has 0 spiro atoms. The summed E-state index contributed by atoms with van der Waals surface area (Å²) >= 11 is 5.99. The highest BCUT2D eigenvalue weighted by Crippen LogP contribution is 2.39. The Morgan fingerprint density at radius 2 is 1.71 bits per heavy atom. The van der Waals surface area contributed by atoms with Gasteiger partial charge in [0.25, 0.3) is 0 Å². The standard InChI is InChI=1S/C21H29ClO2/c1-2-3-4-5-16-14-23-21(24-15-16)19-8-6-17(7-9-19)18-10-12-20(22)13-11-18/h4-5,10-13,16-17,19,21H,2-3,6-9,14-15H2,1H3/b5-4+/t16-,17-,19-,21-. The van der Waals surface area contributed by atoms with Crippen LogP contribution in [0, 0.1) is 11.8 Å². The summed E-state index contributed by atoms with van der Waals surface area (Å²) in [4.78, 5) is 0. The minimum atomic E-state index is 0.00647. The molecule has 132 valence electrons. The minimum Gasteiger partial charge on any atom is -0.352 e. The van der Waals surface area contributed by atoms with E-state index in [0.29, 0.717) is 17.8 Å². The number of hydrogen-bond acceptors (Lipinski definition) is 2. The van der Waals surface area contributed by atoms with Crippen molar-refractivity contribution in [2.75, 3.05) is 13.2 Å². The van der Waals surface area contributed by atoms with E-state index in [2.05, 4.69) is 31.2 Å². The van der Waals surface area contributed by atoms with Gasteiger partial charge in [-0.15, -0.1) is 0 Å². The van der Waals surface area contributed by atoms with E-state index in [-0.39, 0.29) is 6.29 Å². The lowest BCUT2D eigenvalue weighted by atomic mass is 9.78. The first-order valence-electron chi connectivity index (χ1n) is 9.41. The average Bonchev–Trinajstić information content (AvgIpc) is 2.63. The summed E-state index contributed by atoms with van der Waals surface area (Å²) in [5, 5.41) is 0.819. The maximum Gasteiger partial charge on any atom is 0.160 e. The highest BCUT2D eigenvalue weighted by atomic mass is 35.5. The van der Waals surface area contributed by atoms with Gasteiger partial charge in [0.05, 0.1) is 13.2 Å². The molecule has 3 rings (SSSR count). The zero-order valence-corrected chi connectivity index (χ0v) is 15.4. The Bertz CT molecular complexity index is 509. The maximum atomic E-state index is 6.03. The van der Waals surface area contributed by atoms with Crippen LogP contribution in [0.4, 0.5) is 0 Å². The molecule has 0 unspecified atom stereocenters. The number of rotatable bonds is 5. The Morgan fingerprint density at radius 3 is 2.33 bits per heavy atom. The smallest absolute Gasteiger partial charge is 0.160 e. The van der Waals surface area contributed by atoms with Gasteiger partial charge in [-0.25, -0.2) is 0 Å². The lowest BCUT2D eigenvalue weighted by molar-refractivity contribution is -0.222. The van der Waals surface area contributed by atoms with Gasteiger partial charge in [0.15, 0.2) is 6.29 Å². The molecule has 0 bridgehead atoms. The third kappa shape index (κ3) is 4.84. The minimum absolute atomic E-state index is 0.00647. The van der Waals surface area contributed by atoms with Crippen LogP contribution >= 0.6 is 11.6 Å². The lowest BCUT2D eigenvalue weighted by Gasteiger charge is -2.37. The normalized spacial score (nSPS) is 31.4. The predicted octanol–water partition coefficient (Wildman–Crippen LogP) is 5.96. The van der Waals surface area contributed by atoms with Crippen molar-refractivity contribution in [3.63, 3.8) is 0 Å². The van der Waals surface area contributed by atoms with Gasteiger partial charge in [-0.3, -0.25) is 0 Å². The second kappa shape index (κ2) is 9.03. The molecule has 0 aromatic heterocycles. The molecule has 0 radical (unpaired) electrons. The second-order valence-electron chi connectivity index (χ2n) is 7.18.